The van der Waals surface area contributed by atoms with E-state index in [2.05, 4.69) is 23.2 Å². The lowest BCUT2D eigenvalue weighted by Gasteiger charge is -2.24. The Kier molecular flexibility index (Phi) is 4.81. The van der Waals surface area contributed by atoms with E-state index >= 15 is 0 Å². The molecule has 0 spiro atoms. The topological polar surface area (TPSA) is 39.1 Å². The van der Waals surface area contributed by atoms with Gasteiger partial charge in [-0.1, -0.05) is 19.1 Å². The van der Waals surface area contributed by atoms with Crippen molar-refractivity contribution in [3.63, 3.8) is 0 Å². The molecule has 0 aliphatic heterocycles. The van der Waals surface area contributed by atoms with Crippen molar-refractivity contribution in [2.45, 2.75) is 6.92 Å². The van der Waals surface area contributed by atoms with Crippen LogP contribution in [0.15, 0.2) is 24.3 Å². The number of rotatable bonds is 5. The number of nitriles is 1. The fourth-order valence-corrected chi connectivity index (χ4v) is 1.88. The van der Waals surface area contributed by atoms with E-state index in [9.17, 15) is 0 Å². The minimum absolute atomic E-state index is 0.557. The number of hydrogen-bond acceptors (Lipinski definition) is 3. The standard InChI is InChI=1S/C13H19N3/c1-11(9-15-2)10-16(3)13-7-5-4-6-12(13)8-14/h4-7,11,15H,9-10H2,1-3H3. The van der Waals surface area contributed by atoms with Crippen LogP contribution < -0.4 is 10.2 Å². The average Bonchev–Trinajstić information content (AvgIpc) is 2.29. The van der Waals surface area contributed by atoms with Crippen LogP contribution in [0.25, 0.3) is 0 Å². The molecule has 0 saturated carbocycles. The summed E-state index contributed by atoms with van der Waals surface area (Å²) >= 11 is 0. The van der Waals surface area contributed by atoms with Crippen molar-refractivity contribution in [2.24, 2.45) is 5.92 Å². The van der Waals surface area contributed by atoms with Gasteiger partial charge in [0.25, 0.3) is 0 Å². The third kappa shape index (κ3) is 3.25. The number of nitrogens with zero attached hydrogens (tertiary/aromatic N) is 2. The molecule has 1 N–H and O–H groups in total. The van der Waals surface area contributed by atoms with Crippen molar-refractivity contribution >= 4 is 5.69 Å². The molecular formula is C13H19N3. The van der Waals surface area contributed by atoms with Crippen molar-refractivity contribution < 1.29 is 0 Å². The Labute approximate surface area is 97.7 Å². The maximum absolute atomic E-state index is 9.02. The van der Waals surface area contributed by atoms with Gasteiger partial charge in [0.2, 0.25) is 0 Å². The molecule has 1 aromatic carbocycles. The molecule has 86 valence electrons. The van der Waals surface area contributed by atoms with Crippen molar-refractivity contribution in [3.8, 4) is 6.07 Å². The predicted molar refractivity (Wildman–Crippen MR) is 67.5 cm³/mol. The normalized spacial score (nSPS) is 11.9. The molecule has 0 aliphatic carbocycles. The second kappa shape index (κ2) is 6.14. The molecule has 0 bridgehead atoms. The van der Waals surface area contributed by atoms with E-state index in [-0.39, 0.29) is 0 Å². The molecule has 3 heteroatoms. The minimum atomic E-state index is 0.557. The predicted octanol–water partition coefficient (Wildman–Crippen LogP) is 1.85. The molecule has 1 aromatic rings. The molecule has 1 unspecified atom stereocenters. The maximum Gasteiger partial charge on any atom is 0.101 e. The lowest BCUT2D eigenvalue weighted by Crippen LogP contribution is -2.29. The summed E-state index contributed by atoms with van der Waals surface area (Å²) in [6.45, 7) is 4.13. The Morgan fingerprint density at radius 2 is 2.12 bits per heavy atom. The zero-order valence-electron chi connectivity index (χ0n) is 10.2. The van der Waals surface area contributed by atoms with E-state index < -0.39 is 0 Å². The summed E-state index contributed by atoms with van der Waals surface area (Å²) in [5.74, 6) is 0.557. The van der Waals surface area contributed by atoms with E-state index in [4.69, 9.17) is 5.26 Å². The minimum Gasteiger partial charge on any atom is -0.373 e. The second-order valence-electron chi connectivity index (χ2n) is 4.17. The van der Waals surface area contributed by atoms with Gasteiger partial charge in [-0.2, -0.15) is 5.26 Å². The highest BCUT2D eigenvalue weighted by atomic mass is 15.1. The van der Waals surface area contributed by atoms with Gasteiger partial charge in [0, 0.05) is 13.6 Å². The fraction of sp³-hybridized carbons (Fsp3) is 0.462. The molecule has 0 saturated heterocycles. The van der Waals surface area contributed by atoms with Crippen LogP contribution in [0.2, 0.25) is 0 Å². The summed E-state index contributed by atoms with van der Waals surface area (Å²) in [6, 6.07) is 9.93. The molecule has 3 nitrogen and oxygen atoms in total. The fourth-order valence-electron chi connectivity index (χ4n) is 1.88. The zero-order valence-corrected chi connectivity index (χ0v) is 10.2. The molecule has 16 heavy (non-hydrogen) atoms. The Morgan fingerprint density at radius 1 is 1.44 bits per heavy atom. The van der Waals surface area contributed by atoms with Crippen LogP contribution in [0.4, 0.5) is 5.69 Å². The van der Waals surface area contributed by atoms with E-state index in [1.807, 2.05) is 38.4 Å². The van der Waals surface area contributed by atoms with E-state index in [0.717, 1.165) is 24.3 Å². The van der Waals surface area contributed by atoms with Gasteiger partial charge in [-0.3, -0.25) is 0 Å². The van der Waals surface area contributed by atoms with Gasteiger partial charge in [0.05, 0.1) is 11.3 Å². The third-order valence-corrected chi connectivity index (χ3v) is 2.57. The van der Waals surface area contributed by atoms with Crippen LogP contribution in [-0.2, 0) is 0 Å². The highest BCUT2D eigenvalue weighted by molar-refractivity contribution is 5.58. The zero-order chi connectivity index (χ0) is 12.0. The first kappa shape index (κ1) is 12.5. The van der Waals surface area contributed by atoms with Crippen LogP contribution in [-0.4, -0.2) is 27.2 Å². The van der Waals surface area contributed by atoms with Crippen molar-refractivity contribution in [1.82, 2.24) is 5.32 Å². The van der Waals surface area contributed by atoms with Crippen LogP contribution in [0.3, 0.4) is 0 Å². The third-order valence-electron chi connectivity index (χ3n) is 2.57. The van der Waals surface area contributed by atoms with Gasteiger partial charge in [-0.25, -0.2) is 0 Å². The van der Waals surface area contributed by atoms with E-state index in [1.165, 1.54) is 0 Å². The Balaban J connectivity index is 2.73. The second-order valence-corrected chi connectivity index (χ2v) is 4.17. The van der Waals surface area contributed by atoms with Crippen molar-refractivity contribution in [1.29, 1.82) is 5.26 Å². The summed E-state index contributed by atoms with van der Waals surface area (Å²) in [5.41, 5.74) is 1.75. The smallest absolute Gasteiger partial charge is 0.101 e. The van der Waals surface area contributed by atoms with Gasteiger partial charge in [-0.05, 0) is 31.6 Å². The quantitative estimate of drug-likeness (QED) is 0.818. The summed E-state index contributed by atoms with van der Waals surface area (Å²) in [7, 11) is 3.99. The van der Waals surface area contributed by atoms with Gasteiger partial charge >= 0.3 is 0 Å². The molecular weight excluding hydrogens is 198 g/mol. The molecule has 1 atom stereocenters. The Morgan fingerprint density at radius 3 is 2.75 bits per heavy atom. The monoisotopic (exact) mass is 217 g/mol. The Bertz CT molecular complexity index is 368. The molecule has 0 amide bonds. The number of nitrogens with one attached hydrogen (secondary N) is 1. The van der Waals surface area contributed by atoms with E-state index in [0.29, 0.717) is 5.92 Å². The van der Waals surface area contributed by atoms with Gasteiger partial charge in [-0.15, -0.1) is 0 Å². The first-order valence-corrected chi connectivity index (χ1v) is 5.54. The summed E-state index contributed by atoms with van der Waals surface area (Å²) in [6.07, 6.45) is 0. The number of anilines is 1. The highest BCUT2D eigenvalue weighted by Crippen LogP contribution is 2.18. The molecule has 0 aromatic heterocycles. The summed E-state index contributed by atoms with van der Waals surface area (Å²) in [4.78, 5) is 2.14. The maximum atomic E-state index is 9.02. The highest BCUT2D eigenvalue weighted by Gasteiger charge is 2.09. The lowest BCUT2D eigenvalue weighted by molar-refractivity contribution is 0.542. The lowest BCUT2D eigenvalue weighted by atomic mass is 10.1. The van der Waals surface area contributed by atoms with Crippen LogP contribution >= 0.6 is 0 Å². The molecule has 0 fully saturated rings. The molecule has 0 aliphatic rings. The molecule has 0 heterocycles. The average molecular weight is 217 g/mol. The summed E-state index contributed by atoms with van der Waals surface area (Å²) in [5, 5.41) is 12.2. The SMILES string of the molecule is CNCC(C)CN(C)c1ccccc1C#N. The van der Waals surface area contributed by atoms with Crippen LogP contribution in [0.1, 0.15) is 12.5 Å². The number of hydrogen-bond donors (Lipinski definition) is 1. The first-order chi connectivity index (χ1) is 7.69. The molecule has 0 radical (unpaired) electrons. The number of benzene rings is 1. The largest absolute Gasteiger partial charge is 0.373 e. The van der Waals surface area contributed by atoms with Gasteiger partial charge < -0.3 is 10.2 Å². The van der Waals surface area contributed by atoms with Crippen LogP contribution in [0, 0.1) is 17.2 Å². The van der Waals surface area contributed by atoms with Gasteiger partial charge in [0.1, 0.15) is 6.07 Å². The summed E-state index contributed by atoms with van der Waals surface area (Å²) < 4.78 is 0. The Hall–Kier alpha value is -1.53. The molecule has 1 rings (SSSR count). The first-order valence-electron chi connectivity index (χ1n) is 5.54. The number of para-hydroxylation sites is 1. The van der Waals surface area contributed by atoms with Gasteiger partial charge in [0.15, 0.2) is 0 Å². The van der Waals surface area contributed by atoms with Crippen LogP contribution in [0.5, 0.6) is 0 Å². The van der Waals surface area contributed by atoms with Crippen molar-refractivity contribution in [3.05, 3.63) is 29.8 Å². The van der Waals surface area contributed by atoms with E-state index in [1.54, 1.807) is 0 Å². The van der Waals surface area contributed by atoms with Crippen molar-refractivity contribution in [2.75, 3.05) is 32.1 Å².